The lowest BCUT2D eigenvalue weighted by atomic mass is 10.0. The molecule has 1 aliphatic heterocycles. The third kappa shape index (κ3) is 3.89. The van der Waals surface area contributed by atoms with E-state index in [1.54, 1.807) is 7.11 Å². The predicted molar refractivity (Wildman–Crippen MR) is 133 cm³/mol. The molecule has 0 saturated carbocycles. The first-order valence-electron chi connectivity index (χ1n) is 11.4. The zero-order chi connectivity index (χ0) is 23.1. The van der Waals surface area contributed by atoms with Crippen LogP contribution in [0.2, 0.25) is 0 Å². The van der Waals surface area contributed by atoms with Gasteiger partial charge in [-0.05, 0) is 67.5 Å². The van der Waals surface area contributed by atoms with E-state index in [1.807, 2.05) is 17.4 Å². The van der Waals surface area contributed by atoms with Crippen LogP contribution in [0, 0.1) is 20.8 Å². The van der Waals surface area contributed by atoms with Crippen LogP contribution in [0.1, 0.15) is 46.3 Å². The van der Waals surface area contributed by atoms with Crippen LogP contribution in [0.3, 0.4) is 0 Å². The predicted octanol–water partition coefficient (Wildman–Crippen LogP) is 5.84. The number of aryl methyl sites for hydroxylation is 3. The van der Waals surface area contributed by atoms with Crippen molar-refractivity contribution < 1.29 is 9.47 Å². The fourth-order valence-corrected chi connectivity index (χ4v) is 5.60. The lowest BCUT2D eigenvalue weighted by Crippen LogP contribution is -2.27. The Kier molecular flexibility index (Phi) is 5.85. The Morgan fingerprint density at radius 3 is 2.73 bits per heavy atom. The van der Waals surface area contributed by atoms with Crippen LogP contribution < -0.4 is 9.64 Å². The van der Waals surface area contributed by atoms with Gasteiger partial charge in [0, 0.05) is 22.5 Å². The molecule has 0 N–H and O–H groups in total. The Morgan fingerprint density at radius 1 is 1.18 bits per heavy atom. The third-order valence-electron chi connectivity index (χ3n) is 6.21. The molecule has 0 aliphatic carbocycles. The summed E-state index contributed by atoms with van der Waals surface area (Å²) in [5.74, 6) is 1.97. The SMILES string of the molecule is CCCN(Cc1cc(C)cs1)c1c2c(nc3c(-c4ccc(OC)cc4C)c(C)nn13)COC2. The van der Waals surface area contributed by atoms with E-state index in [1.165, 1.54) is 10.4 Å². The molecule has 0 bridgehead atoms. The zero-order valence-electron chi connectivity index (χ0n) is 19.9. The van der Waals surface area contributed by atoms with Gasteiger partial charge in [-0.1, -0.05) is 13.0 Å². The molecule has 172 valence electrons. The van der Waals surface area contributed by atoms with Gasteiger partial charge < -0.3 is 14.4 Å². The lowest BCUT2D eigenvalue weighted by Gasteiger charge is -2.26. The lowest BCUT2D eigenvalue weighted by molar-refractivity contribution is 0.133. The topological polar surface area (TPSA) is 51.9 Å². The molecular formula is C26H30N4O2S. The van der Waals surface area contributed by atoms with Crippen molar-refractivity contribution in [2.45, 2.75) is 53.9 Å². The first-order valence-corrected chi connectivity index (χ1v) is 12.3. The number of rotatable bonds is 7. The normalized spacial score (nSPS) is 13.0. The fraction of sp³-hybridized carbons (Fsp3) is 0.385. The molecule has 0 radical (unpaired) electrons. The van der Waals surface area contributed by atoms with Gasteiger partial charge in [0.2, 0.25) is 0 Å². The van der Waals surface area contributed by atoms with E-state index in [-0.39, 0.29) is 0 Å². The quantitative estimate of drug-likeness (QED) is 0.345. The van der Waals surface area contributed by atoms with E-state index < -0.39 is 0 Å². The summed E-state index contributed by atoms with van der Waals surface area (Å²) in [6.07, 6.45) is 1.05. The monoisotopic (exact) mass is 462 g/mol. The molecule has 0 saturated heterocycles. The Balaban J connectivity index is 1.71. The first kappa shape index (κ1) is 21.9. The van der Waals surface area contributed by atoms with Gasteiger partial charge >= 0.3 is 0 Å². The van der Waals surface area contributed by atoms with Crippen molar-refractivity contribution in [2.75, 3.05) is 18.6 Å². The van der Waals surface area contributed by atoms with Gasteiger partial charge in [-0.3, -0.25) is 0 Å². The standard InChI is InChI=1S/C26H30N4O2S/c1-6-9-29(12-20-10-16(2)15-33-20)26-22-13-32-14-23(22)27-25-24(18(4)28-30(25)26)21-8-7-19(31-5)11-17(21)3/h7-8,10-11,15H,6,9,12-14H2,1-5H3. The summed E-state index contributed by atoms with van der Waals surface area (Å²) in [4.78, 5) is 8.88. The summed E-state index contributed by atoms with van der Waals surface area (Å²) in [7, 11) is 1.70. The van der Waals surface area contributed by atoms with Gasteiger partial charge in [-0.2, -0.15) is 9.61 Å². The van der Waals surface area contributed by atoms with Crippen LogP contribution in [0.5, 0.6) is 5.75 Å². The number of benzene rings is 1. The van der Waals surface area contributed by atoms with Crippen molar-refractivity contribution in [3.63, 3.8) is 0 Å². The second-order valence-corrected chi connectivity index (χ2v) is 9.74. The van der Waals surface area contributed by atoms with Gasteiger partial charge in [0.15, 0.2) is 5.65 Å². The maximum Gasteiger partial charge on any atom is 0.165 e. The van der Waals surface area contributed by atoms with Crippen molar-refractivity contribution in [3.05, 3.63) is 62.6 Å². The van der Waals surface area contributed by atoms with Gasteiger partial charge in [0.1, 0.15) is 11.6 Å². The maximum atomic E-state index is 5.86. The summed E-state index contributed by atoms with van der Waals surface area (Å²) in [5, 5.41) is 7.25. The molecule has 0 fully saturated rings. The smallest absolute Gasteiger partial charge is 0.165 e. The minimum absolute atomic E-state index is 0.544. The number of methoxy groups -OCH3 is 1. The average Bonchev–Trinajstić information content (AvgIpc) is 3.50. The molecule has 4 heterocycles. The van der Waals surface area contributed by atoms with E-state index in [0.29, 0.717) is 13.2 Å². The zero-order valence-corrected chi connectivity index (χ0v) is 20.8. The van der Waals surface area contributed by atoms with Crippen molar-refractivity contribution in [2.24, 2.45) is 0 Å². The second kappa shape index (κ2) is 8.80. The Morgan fingerprint density at radius 2 is 2.03 bits per heavy atom. The van der Waals surface area contributed by atoms with Crippen molar-refractivity contribution in [3.8, 4) is 16.9 Å². The molecule has 1 aromatic carbocycles. The number of fused-ring (bicyclic) bond motifs is 2. The number of hydrogen-bond acceptors (Lipinski definition) is 6. The summed E-state index contributed by atoms with van der Waals surface area (Å²) >= 11 is 1.82. The molecule has 0 spiro atoms. The molecule has 7 heteroatoms. The number of ether oxygens (including phenoxy) is 2. The molecular weight excluding hydrogens is 432 g/mol. The highest BCUT2D eigenvalue weighted by Gasteiger charge is 2.28. The minimum Gasteiger partial charge on any atom is -0.497 e. The highest BCUT2D eigenvalue weighted by molar-refractivity contribution is 7.10. The van der Waals surface area contributed by atoms with Crippen LogP contribution in [0.4, 0.5) is 5.82 Å². The van der Waals surface area contributed by atoms with Crippen LogP contribution in [-0.2, 0) is 24.5 Å². The van der Waals surface area contributed by atoms with E-state index >= 15 is 0 Å². The van der Waals surface area contributed by atoms with Crippen LogP contribution in [-0.4, -0.2) is 28.3 Å². The number of aromatic nitrogens is 3. The maximum absolute atomic E-state index is 5.86. The molecule has 0 unspecified atom stereocenters. The van der Waals surface area contributed by atoms with Gasteiger partial charge in [-0.15, -0.1) is 11.3 Å². The first-order chi connectivity index (χ1) is 16.0. The van der Waals surface area contributed by atoms with E-state index in [0.717, 1.165) is 70.4 Å². The number of thiophene rings is 1. The highest BCUT2D eigenvalue weighted by Crippen LogP contribution is 2.37. The number of hydrogen-bond donors (Lipinski definition) is 0. The molecule has 4 aromatic rings. The molecule has 0 atom stereocenters. The van der Waals surface area contributed by atoms with Crippen LogP contribution in [0.15, 0.2) is 29.6 Å². The average molecular weight is 463 g/mol. The molecule has 5 rings (SSSR count). The van der Waals surface area contributed by atoms with Crippen LogP contribution >= 0.6 is 11.3 Å². The van der Waals surface area contributed by atoms with E-state index in [4.69, 9.17) is 19.6 Å². The third-order valence-corrected chi connectivity index (χ3v) is 7.25. The number of anilines is 1. The minimum atomic E-state index is 0.544. The Labute approximate surface area is 198 Å². The highest BCUT2D eigenvalue weighted by atomic mass is 32.1. The van der Waals surface area contributed by atoms with Crippen molar-refractivity contribution >= 4 is 22.8 Å². The summed E-state index contributed by atoms with van der Waals surface area (Å²) in [6.45, 7) is 11.5. The molecule has 33 heavy (non-hydrogen) atoms. The fourth-order valence-electron chi connectivity index (χ4n) is 4.71. The number of nitrogens with zero attached hydrogens (tertiary/aromatic N) is 4. The van der Waals surface area contributed by atoms with Crippen LogP contribution in [0.25, 0.3) is 16.8 Å². The largest absolute Gasteiger partial charge is 0.497 e. The summed E-state index contributed by atoms with van der Waals surface area (Å²) in [5.41, 5.74) is 8.72. The second-order valence-electron chi connectivity index (χ2n) is 8.74. The van der Waals surface area contributed by atoms with Crippen molar-refractivity contribution in [1.29, 1.82) is 0 Å². The Bertz CT molecular complexity index is 1320. The van der Waals surface area contributed by atoms with E-state index in [9.17, 15) is 0 Å². The summed E-state index contributed by atoms with van der Waals surface area (Å²) < 4.78 is 13.3. The molecule has 0 amide bonds. The van der Waals surface area contributed by atoms with Gasteiger partial charge in [-0.25, -0.2) is 4.98 Å². The summed E-state index contributed by atoms with van der Waals surface area (Å²) in [6, 6.07) is 8.47. The van der Waals surface area contributed by atoms with Crippen molar-refractivity contribution in [1.82, 2.24) is 14.6 Å². The van der Waals surface area contributed by atoms with Gasteiger partial charge in [0.25, 0.3) is 0 Å². The molecule has 1 aliphatic rings. The van der Waals surface area contributed by atoms with E-state index in [2.05, 4.69) is 60.7 Å². The molecule has 3 aromatic heterocycles. The molecule has 6 nitrogen and oxygen atoms in total. The Hall–Kier alpha value is -2.90. The van der Waals surface area contributed by atoms with Gasteiger partial charge in [0.05, 0.1) is 38.3 Å².